The van der Waals surface area contributed by atoms with E-state index in [-0.39, 0.29) is 30.0 Å². The lowest BCUT2D eigenvalue weighted by molar-refractivity contribution is -0.123. The molecule has 1 fully saturated rings. The van der Waals surface area contributed by atoms with Gasteiger partial charge < -0.3 is 5.32 Å². The molecular weight excluding hydrogens is 300 g/mol. The Labute approximate surface area is 131 Å². The maximum atomic E-state index is 12.2. The molecule has 1 heterocycles. The Hall–Kier alpha value is -1.40. The van der Waals surface area contributed by atoms with Crippen LogP contribution < -0.4 is 5.32 Å². The monoisotopic (exact) mass is 322 g/mol. The van der Waals surface area contributed by atoms with Gasteiger partial charge in [-0.05, 0) is 30.4 Å². The largest absolute Gasteiger partial charge is 0.348 e. The Morgan fingerprint density at radius 2 is 1.95 bits per heavy atom. The van der Waals surface area contributed by atoms with Gasteiger partial charge in [0.05, 0.1) is 24.1 Å². The molecule has 6 heteroatoms. The third-order valence-electron chi connectivity index (χ3n) is 4.51. The third-order valence-corrected chi connectivity index (χ3v) is 6.12. The summed E-state index contributed by atoms with van der Waals surface area (Å²) in [6, 6.07) is 8.36. The van der Waals surface area contributed by atoms with Crippen molar-refractivity contribution >= 4 is 15.7 Å². The molecule has 1 saturated heterocycles. The van der Waals surface area contributed by atoms with E-state index in [1.54, 1.807) is 0 Å². The first-order valence-electron chi connectivity index (χ1n) is 7.83. The summed E-state index contributed by atoms with van der Waals surface area (Å²) in [7, 11) is -2.89. The second-order valence-corrected chi connectivity index (χ2v) is 8.44. The molecule has 5 nitrogen and oxygen atoms in total. The molecule has 22 heavy (non-hydrogen) atoms. The fraction of sp³-hybridized carbons (Fsp3) is 0.562. The molecule has 3 rings (SSSR count). The van der Waals surface area contributed by atoms with Crippen LogP contribution in [0.25, 0.3) is 0 Å². The predicted molar refractivity (Wildman–Crippen MR) is 85.4 cm³/mol. The molecule has 1 aromatic carbocycles. The molecular formula is C16H22N2O3S. The number of rotatable bonds is 3. The first-order valence-corrected chi connectivity index (χ1v) is 9.65. The molecule has 1 aliphatic carbocycles. The number of benzene rings is 1. The minimum absolute atomic E-state index is 0.0130. The summed E-state index contributed by atoms with van der Waals surface area (Å²) >= 11 is 0. The Balaban J connectivity index is 1.57. The number of fused-ring (bicyclic) bond motifs is 1. The molecule has 1 aromatic rings. The Morgan fingerprint density at radius 1 is 1.23 bits per heavy atom. The highest BCUT2D eigenvalue weighted by atomic mass is 32.2. The number of amides is 1. The quantitative estimate of drug-likeness (QED) is 0.898. The lowest BCUT2D eigenvalue weighted by atomic mass is 9.88. The van der Waals surface area contributed by atoms with Crippen molar-refractivity contribution in [3.63, 3.8) is 0 Å². The normalized spacial score (nSPS) is 24.5. The van der Waals surface area contributed by atoms with Gasteiger partial charge in [0.25, 0.3) is 0 Å². The van der Waals surface area contributed by atoms with Crippen LogP contribution in [0.5, 0.6) is 0 Å². The minimum Gasteiger partial charge on any atom is -0.348 e. The molecule has 1 atom stereocenters. The van der Waals surface area contributed by atoms with Gasteiger partial charge in [-0.25, -0.2) is 8.42 Å². The van der Waals surface area contributed by atoms with Crippen molar-refractivity contribution in [2.24, 2.45) is 0 Å². The zero-order valence-corrected chi connectivity index (χ0v) is 13.4. The molecule has 0 unspecified atom stereocenters. The summed E-state index contributed by atoms with van der Waals surface area (Å²) in [4.78, 5) is 14.2. The van der Waals surface area contributed by atoms with E-state index < -0.39 is 9.84 Å². The number of hydrogen-bond donors (Lipinski definition) is 1. The van der Waals surface area contributed by atoms with Gasteiger partial charge in [-0.15, -0.1) is 0 Å². The van der Waals surface area contributed by atoms with Gasteiger partial charge in [0.1, 0.15) is 0 Å². The van der Waals surface area contributed by atoms with Crippen LogP contribution in [0.15, 0.2) is 24.3 Å². The molecule has 0 saturated carbocycles. The summed E-state index contributed by atoms with van der Waals surface area (Å²) in [5.41, 5.74) is 2.55. The molecule has 0 aromatic heterocycles. The molecule has 1 N–H and O–H groups in total. The van der Waals surface area contributed by atoms with Crippen LogP contribution in [0.2, 0.25) is 0 Å². The van der Waals surface area contributed by atoms with Gasteiger partial charge in [0.15, 0.2) is 9.84 Å². The van der Waals surface area contributed by atoms with Crippen molar-refractivity contribution in [3.8, 4) is 0 Å². The number of nitrogens with zero attached hydrogens (tertiary/aromatic N) is 1. The van der Waals surface area contributed by atoms with Crippen molar-refractivity contribution in [2.75, 3.05) is 31.1 Å². The maximum absolute atomic E-state index is 12.2. The molecule has 0 bridgehead atoms. The molecule has 2 aliphatic rings. The van der Waals surface area contributed by atoms with Crippen LogP contribution in [0.1, 0.15) is 30.0 Å². The van der Waals surface area contributed by atoms with Crippen molar-refractivity contribution in [1.82, 2.24) is 10.2 Å². The summed E-state index contributed by atoms with van der Waals surface area (Å²) in [6.45, 7) is 1.20. The fourth-order valence-electron chi connectivity index (χ4n) is 3.26. The van der Waals surface area contributed by atoms with E-state index >= 15 is 0 Å². The molecule has 0 radical (unpaired) electrons. The van der Waals surface area contributed by atoms with Gasteiger partial charge in [0.2, 0.25) is 5.91 Å². The summed E-state index contributed by atoms with van der Waals surface area (Å²) in [5, 5.41) is 3.11. The van der Waals surface area contributed by atoms with Crippen molar-refractivity contribution in [3.05, 3.63) is 35.4 Å². The number of carbonyl (C=O) groups excluding carboxylic acids is 1. The van der Waals surface area contributed by atoms with E-state index in [2.05, 4.69) is 17.4 Å². The van der Waals surface area contributed by atoms with Crippen LogP contribution in [-0.2, 0) is 21.1 Å². The first-order chi connectivity index (χ1) is 10.5. The molecule has 1 amide bonds. The van der Waals surface area contributed by atoms with E-state index in [0.29, 0.717) is 13.1 Å². The zero-order chi connectivity index (χ0) is 15.6. The summed E-state index contributed by atoms with van der Waals surface area (Å²) < 4.78 is 22.8. The Bertz CT molecular complexity index is 643. The van der Waals surface area contributed by atoms with Crippen molar-refractivity contribution in [1.29, 1.82) is 0 Å². The molecule has 120 valence electrons. The lowest BCUT2D eigenvalue weighted by Gasteiger charge is -2.29. The van der Waals surface area contributed by atoms with Crippen LogP contribution in [-0.4, -0.2) is 50.4 Å². The number of carbonyl (C=O) groups is 1. The smallest absolute Gasteiger partial charge is 0.234 e. The maximum Gasteiger partial charge on any atom is 0.234 e. The minimum atomic E-state index is -2.89. The number of hydrogen-bond acceptors (Lipinski definition) is 4. The van der Waals surface area contributed by atoms with Gasteiger partial charge >= 0.3 is 0 Å². The number of sulfone groups is 1. The molecule has 1 aliphatic heterocycles. The number of aryl methyl sites for hydroxylation is 1. The van der Waals surface area contributed by atoms with Crippen LogP contribution in [0, 0.1) is 0 Å². The fourth-order valence-corrected chi connectivity index (χ4v) is 4.53. The van der Waals surface area contributed by atoms with E-state index in [9.17, 15) is 13.2 Å². The van der Waals surface area contributed by atoms with Crippen molar-refractivity contribution in [2.45, 2.75) is 25.3 Å². The SMILES string of the molecule is O=C(CN1CCS(=O)(=O)CC1)N[C@@H]1CCCc2ccccc21. The van der Waals surface area contributed by atoms with Gasteiger partial charge in [0, 0.05) is 13.1 Å². The van der Waals surface area contributed by atoms with Crippen LogP contribution in [0.3, 0.4) is 0 Å². The second-order valence-electron chi connectivity index (χ2n) is 6.14. The van der Waals surface area contributed by atoms with E-state index in [4.69, 9.17) is 0 Å². The standard InChI is InChI=1S/C16H22N2O3S/c19-16(12-18-8-10-22(20,21)11-9-18)17-15-7-3-5-13-4-1-2-6-14(13)15/h1-2,4,6,15H,3,5,7-12H2,(H,17,19)/t15-/m1/s1. The van der Waals surface area contributed by atoms with E-state index in [1.807, 2.05) is 17.0 Å². The highest BCUT2D eigenvalue weighted by molar-refractivity contribution is 7.91. The van der Waals surface area contributed by atoms with Gasteiger partial charge in [-0.1, -0.05) is 24.3 Å². The highest BCUT2D eigenvalue weighted by Gasteiger charge is 2.25. The second kappa shape index (κ2) is 6.38. The van der Waals surface area contributed by atoms with Gasteiger partial charge in [-0.2, -0.15) is 0 Å². The van der Waals surface area contributed by atoms with Crippen molar-refractivity contribution < 1.29 is 13.2 Å². The summed E-state index contributed by atoms with van der Waals surface area (Å²) in [6.07, 6.45) is 3.13. The van der Waals surface area contributed by atoms with Crippen LogP contribution in [0.4, 0.5) is 0 Å². The van der Waals surface area contributed by atoms with Gasteiger partial charge in [-0.3, -0.25) is 9.69 Å². The van der Waals surface area contributed by atoms with Crippen LogP contribution >= 0.6 is 0 Å². The average molecular weight is 322 g/mol. The summed E-state index contributed by atoms with van der Waals surface area (Å²) in [5.74, 6) is 0.306. The Morgan fingerprint density at radius 3 is 2.73 bits per heavy atom. The molecule has 0 spiro atoms. The Kier molecular flexibility index (Phi) is 4.49. The van der Waals surface area contributed by atoms with E-state index in [0.717, 1.165) is 19.3 Å². The third kappa shape index (κ3) is 3.67. The highest BCUT2D eigenvalue weighted by Crippen LogP contribution is 2.29. The zero-order valence-electron chi connectivity index (χ0n) is 12.6. The van der Waals surface area contributed by atoms with E-state index in [1.165, 1.54) is 11.1 Å². The first kappa shape index (κ1) is 15.5. The predicted octanol–water partition coefficient (Wildman–Crippen LogP) is 0.911. The topological polar surface area (TPSA) is 66.5 Å². The average Bonchev–Trinajstić information content (AvgIpc) is 2.50. The lowest BCUT2D eigenvalue weighted by Crippen LogP contribution is -2.46. The number of nitrogens with one attached hydrogen (secondary N) is 1.